The summed E-state index contributed by atoms with van der Waals surface area (Å²) < 4.78 is 16.6. The van der Waals surface area contributed by atoms with Crippen LogP contribution < -0.4 is 5.73 Å². The molecule has 0 heterocycles. The van der Waals surface area contributed by atoms with Crippen LogP contribution in [-0.2, 0) is 15.5 Å². The maximum atomic E-state index is 11.3. The standard InChI is InChI=1S/C9H19NO2S/c1-8(10)4-5-13(11)7-12-6-9-2-3-9/h8-9H,2-7,10H2,1H3. The Bertz CT molecular complexity index is 169. The molecular weight excluding hydrogens is 186 g/mol. The monoisotopic (exact) mass is 205 g/mol. The van der Waals surface area contributed by atoms with Gasteiger partial charge in [0.1, 0.15) is 5.94 Å². The van der Waals surface area contributed by atoms with Crippen molar-refractivity contribution in [2.45, 2.75) is 32.2 Å². The molecule has 1 aliphatic carbocycles. The summed E-state index contributed by atoms with van der Waals surface area (Å²) in [5, 5.41) is 0. The van der Waals surface area contributed by atoms with Gasteiger partial charge in [-0.25, -0.2) is 0 Å². The lowest BCUT2D eigenvalue weighted by molar-refractivity contribution is 0.168. The van der Waals surface area contributed by atoms with E-state index in [1.54, 1.807) is 0 Å². The van der Waals surface area contributed by atoms with Gasteiger partial charge in [-0.1, -0.05) is 0 Å². The van der Waals surface area contributed by atoms with E-state index in [4.69, 9.17) is 10.5 Å². The first-order valence-corrected chi connectivity index (χ1v) is 6.35. The summed E-state index contributed by atoms with van der Waals surface area (Å²) in [6, 6.07) is 0.146. The average molecular weight is 205 g/mol. The molecule has 0 saturated heterocycles. The largest absolute Gasteiger partial charge is 0.368 e. The van der Waals surface area contributed by atoms with Crippen LogP contribution in [0.2, 0.25) is 0 Å². The highest BCUT2D eigenvalue weighted by atomic mass is 32.2. The molecule has 13 heavy (non-hydrogen) atoms. The molecule has 0 aliphatic heterocycles. The zero-order valence-electron chi connectivity index (χ0n) is 8.20. The normalized spacial score (nSPS) is 21.4. The Morgan fingerprint density at radius 1 is 1.62 bits per heavy atom. The lowest BCUT2D eigenvalue weighted by Crippen LogP contribution is -2.19. The Balaban J connectivity index is 1.90. The zero-order chi connectivity index (χ0) is 9.68. The molecule has 0 spiro atoms. The van der Waals surface area contributed by atoms with Gasteiger partial charge in [0.05, 0.1) is 6.61 Å². The van der Waals surface area contributed by atoms with Gasteiger partial charge in [0.2, 0.25) is 0 Å². The molecule has 2 N–H and O–H groups in total. The zero-order valence-corrected chi connectivity index (χ0v) is 9.02. The Hall–Kier alpha value is 0.0700. The lowest BCUT2D eigenvalue weighted by atomic mass is 10.3. The van der Waals surface area contributed by atoms with E-state index in [2.05, 4.69) is 0 Å². The second kappa shape index (κ2) is 5.73. The molecule has 2 atom stereocenters. The van der Waals surface area contributed by atoms with E-state index in [-0.39, 0.29) is 6.04 Å². The molecule has 0 aromatic carbocycles. The molecule has 0 aromatic heterocycles. The van der Waals surface area contributed by atoms with Crippen molar-refractivity contribution in [3.8, 4) is 0 Å². The maximum absolute atomic E-state index is 11.3. The quantitative estimate of drug-likeness (QED) is 0.670. The first-order valence-electron chi connectivity index (χ1n) is 4.87. The first kappa shape index (κ1) is 11.1. The predicted molar refractivity (Wildman–Crippen MR) is 54.8 cm³/mol. The summed E-state index contributed by atoms with van der Waals surface area (Å²) in [5.74, 6) is 1.82. The first-order chi connectivity index (χ1) is 6.18. The van der Waals surface area contributed by atoms with Gasteiger partial charge in [-0.05, 0) is 32.1 Å². The SMILES string of the molecule is CC(N)CCS(=O)COCC1CC1. The van der Waals surface area contributed by atoms with Gasteiger partial charge in [-0.2, -0.15) is 0 Å². The number of hydrogen-bond donors (Lipinski definition) is 1. The Kier molecular flexibility index (Phi) is 4.91. The van der Waals surface area contributed by atoms with Crippen molar-refractivity contribution in [2.24, 2.45) is 11.7 Å². The van der Waals surface area contributed by atoms with E-state index in [0.29, 0.717) is 11.7 Å². The molecule has 1 saturated carbocycles. The van der Waals surface area contributed by atoms with E-state index in [1.165, 1.54) is 12.8 Å². The second-order valence-electron chi connectivity index (χ2n) is 3.84. The third kappa shape index (κ3) is 6.18. The van der Waals surface area contributed by atoms with Crippen molar-refractivity contribution in [2.75, 3.05) is 18.3 Å². The van der Waals surface area contributed by atoms with Gasteiger partial charge in [-0.3, -0.25) is 4.21 Å². The van der Waals surface area contributed by atoms with Crippen LogP contribution in [0.4, 0.5) is 0 Å². The van der Waals surface area contributed by atoms with Gasteiger partial charge in [0.15, 0.2) is 0 Å². The summed E-state index contributed by atoms with van der Waals surface area (Å²) in [5.41, 5.74) is 5.55. The average Bonchev–Trinajstić information content (AvgIpc) is 2.84. The van der Waals surface area contributed by atoms with Crippen LogP contribution in [0, 0.1) is 5.92 Å². The van der Waals surface area contributed by atoms with Crippen LogP contribution in [-0.4, -0.2) is 28.5 Å². The predicted octanol–water partition coefficient (Wildman–Crippen LogP) is 0.856. The molecule has 0 aromatic rings. The second-order valence-corrected chi connectivity index (χ2v) is 5.37. The summed E-state index contributed by atoms with van der Waals surface area (Å²) in [6.07, 6.45) is 3.39. The van der Waals surface area contributed by atoms with Crippen molar-refractivity contribution in [1.29, 1.82) is 0 Å². The van der Waals surface area contributed by atoms with Gasteiger partial charge in [0.25, 0.3) is 0 Å². The van der Waals surface area contributed by atoms with Gasteiger partial charge in [0, 0.05) is 22.6 Å². The van der Waals surface area contributed by atoms with Crippen LogP contribution in [0.1, 0.15) is 26.2 Å². The van der Waals surface area contributed by atoms with E-state index >= 15 is 0 Å². The van der Waals surface area contributed by atoms with Crippen LogP contribution >= 0.6 is 0 Å². The molecular formula is C9H19NO2S. The third-order valence-corrected chi connectivity index (χ3v) is 3.19. The van der Waals surface area contributed by atoms with Crippen LogP contribution in [0.25, 0.3) is 0 Å². The topological polar surface area (TPSA) is 52.3 Å². The fourth-order valence-corrected chi connectivity index (χ4v) is 2.00. The fourth-order valence-electron chi connectivity index (χ4n) is 0.969. The van der Waals surface area contributed by atoms with Gasteiger partial charge < -0.3 is 10.5 Å². The molecule has 0 radical (unpaired) electrons. The van der Waals surface area contributed by atoms with E-state index in [9.17, 15) is 4.21 Å². The Labute approximate surface area is 82.5 Å². The summed E-state index contributed by atoms with van der Waals surface area (Å²) in [4.78, 5) is 0. The molecule has 0 bridgehead atoms. The van der Waals surface area contributed by atoms with Crippen molar-refractivity contribution < 1.29 is 8.95 Å². The molecule has 4 heteroatoms. The molecule has 1 aliphatic rings. The third-order valence-electron chi connectivity index (χ3n) is 2.07. The number of hydrogen-bond acceptors (Lipinski definition) is 3. The van der Waals surface area contributed by atoms with Crippen LogP contribution in [0.15, 0.2) is 0 Å². The van der Waals surface area contributed by atoms with Crippen molar-refractivity contribution in [3.05, 3.63) is 0 Å². The van der Waals surface area contributed by atoms with Crippen molar-refractivity contribution >= 4 is 10.8 Å². The summed E-state index contributed by atoms with van der Waals surface area (Å²) >= 11 is 0. The highest BCUT2D eigenvalue weighted by Crippen LogP contribution is 2.28. The van der Waals surface area contributed by atoms with Crippen LogP contribution in [0.5, 0.6) is 0 Å². The van der Waals surface area contributed by atoms with E-state index in [1.807, 2.05) is 6.92 Å². The number of ether oxygens (including phenoxy) is 1. The summed E-state index contributed by atoms with van der Waals surface area (Å²) in [7, 11) is -0.831. The minimum Gasteiger partial charge on any atom is -0.368 e. The van der Waals surface area contributed by atoms with Crippen molar-refractivity contribution in [1.82, 2.24) is 0 Å². The molecule has 1 rings (SSSR count). The highest BCUT2D eigenvalue weighted by Gasteiger charge is 2.21. The minimum atomic E-state index is -0.831. The van der Waals surface area contributed by atoms with Gasteiger partial charge >= 0.3 is 0 Å². The van der Waals surface area contributed by atoms with Crippen LogP contribution in [0.3, 0.4) is 0 Å². The molecule has 0 amide bonds. The molecule has 78 valence electrons. The van der Waals surface area contributed by atoms with Crippen molar-refractivity contribution in [3.63, 3.8) is 0 Å². The van der Waals surface area contributed by atoms with E-state index in [0.717, 1.165) is 18.9 Å². The van der Waals surface area contributed by atoms with E-state index < -0.39 is 10.8 Å². The fraction of sp³-hybridized carbons (Fsp3) is 1.00. The highest BCUT2D eigenvalue weighted by molar-refractivity contribution is 7.84. The molecule has 1 fully saturated rings. The minimum absolute atomic E-state index is 0.146. The number of rotatable bonds is 7. The Morgan fingerprint density at radius 3 is 2.85 bits per heavy atom. The Morgan fingerprint density at radius 2 is 2.31 bits per heavy atom. The molecule has 3 nitrogen and oxygen atoms in total. The number of nitrogens with two attached hydrogens (primary N) is 1. The smallest absolute Gasteiger partial charge is 0.122 e. The lowest BCUT2D eigenvalue weighted by Gasteiger charge is -2.05. The maximum Gasteiger partial charge on any atom is 0.122 e. The summed E-state index contributed by atoms with van der Waals surface area (Å²) in [6.45, 7) is 2.73. The molecule has 2 unspecified atom stereocenters. The van der Waals surface area contributed by atoms with Gasteiger partial charge in [-0.15, -0.1) is 0 Å².